The van der Waals surface area contributed by atoms with Crippen LogP contribution in [0.25, 0.3) is 0 Å². The maximum absolute atomic E-state index is 13.1. The lowest BCUT2D eigenvalue weighted by atomic mass is 9.95. The molecule has 0 N–H and O–H groups in total. The van der Waals surface area contributed by atoms with Crippen molar-refractivity contribution in [2.24, 2.45) is 0 Å². The monoisotopic (exact) mass is 207 g/mol. The molecule has 1 aromatic carbocycles. The van der Waals surface area contributed by atoms with Gasteiger partial charge >= 0.3 is 0 Å². The van der Waals surface area contributed by atoms with Crippen molar-refractivity contribution in [3.8, 4) is 11.8 Å². The van der Waals surface area contributed by atoms with E-state index < -0.39 is 0 Å². The number of nitrogens with zero attached hydrogens (tertiary/aromatic N) is 1. The minimum atomic E-state index is -0.331. The van der Waals surface area contributed by atoms with Gasteiger partial charge < -0.3 is 4.74 Å². The van der Waals surface area contributed by atoms with E-state index in [0.717, 1.165) is 12.8 Å². The summed E-state index contributed by atoms with van der Waals surface area (Å²) >= 11 is 0. The van der Waals surface area contributed by atoms with E-state index in [1.807, 2.05) is 6.92 Å². The van der Waals surface area contributed by atoms with Crippen LogP contribution in [0.5, 0.6) is 5.75 Å². The molecule has 0 aliphatic rings. The molecule has 1 rings (SSSR count). The van der Waals surface area contributed by atoms with Gasteiger partial charge in [0.05, 0.1) is 19.1 Å². The molecular weight excluding hydrogens is 193 g/mol. The van der Waals surface area contributed by atoms with Crippen molar-refractivity contribution in [1.29, 1.82) is 5.26 Å². The zero-order valence-electron chi connectivity index (χ0n) is 8.96. The Labute approximate surface area is 89.3 Å². The average Bonchev–Trinajstić information content (AvgIpc) is 2.26. The summed E-state index contributed by atoms with van der Waals surface area (Å²) in [6, 6.07) is 6.45. The molecule has 0 spiro atoms. The zero-order valence-corrected chi connectivity index (χ0v) is 8.96. The summed E-state index contributed by atoms with van der Waals surface area (Å²) in [6.45, 7) is 2.00. The van der Waals surface area contributed by atoms with Crippen LogP contribution in [0, 0.1) is 17.1 Å². The van der Waals surface area contributed by atoms with Crippen LogP contribution in [-0.4, -0.2) is 7.11 Å². The van der Waals surface area contributed by atoms with Crippen molar-refractivity contribution in [3.63, 3.8) is 0 Å². The maximum Gasteiger partial charge on any atom is 0.123 e. The van der Waals surface area contributed by atoms with Gasteiger partial charge in [0.2, 0.25) is 0 Å². The first-order valence-corrected chi connectivity index (χ1v) is 4.96. The minimum absolute atomic E-state index is 0.291. The fourth-order valence-electron chi connectivity index (χ4n) is 1.56. The van der Waals surface area contributed by atoms with Crippen LogP contribution in [-0.2, 0) is 0 Å². The summed E-state index contributed by atoms with van der Waals surface area (Å²) in [5, 5.41) is 8.99. The van der Waals surface area contributed by atoms with Crippen LogP contribution in [0.4, 0.5) is 4.39 Å². The molecule has 3 heteroatoms. The third-order valence-electron chi connectivity index (χ3n) is 2.30. The topological polar surface area (TPSA) is 33.0 Å². The first kappa shape index (κ1) is 11.5. The van der Waals surface area contributed by atoms with Crippen molar-refractivity contribution in [3.05, 3.63) is 29.6 Å². The Morgan fingerprint density at radius 3 is 2.80 bits per heavy atom. The van der Waals surface area contributed by atoms with Gasteiger partial charge in [-0.15, -0.1) is 0 Å². The molecule has 2 nitrogen and oxygen atoms in total. The Bertz CT molecular complexity index is 370. The van der Waals surface area contributed by atoms with Crippen LogP contribution < -0.4 is 4.74 Å². The SMILES string of the molecule is CCCC(C#N)c1cc(F)ccc1OC. The van der Waals surface area contributed by atoms with Crippen molar-refractivity contribution < 1.29 is 9.13 Å². The number of halogens is 1. The largest absolute Gasteiger partial charge is 0.496 e. The first-order chi connectivity index (χ1) is 7.22. The molecule has 0 radical (unpaired) electrons. The Morgan fingerprint density at radius 1 is 1.53 bits per heavy atom. The van der Waals surface area contributed by atoms with Crippen LogP contribution in [0.15, 0.2) is 18.2 Å². The third kappa shape index (κ3) is 2.69. The summed E-state index contributed by atoms with van der Waals surface area (Å²) in [5.41, 5.74) is 0.641. The van der Waals surface area contributed by atoms with E-state index in [4.69, 9.17) is 10.00 Å². The standard InChI is InChI=1S/C12H14FNO/c1-3-4-9(8-14)11-7-10(13)5-6-12(11)15-2/h5-7,9H,3-4H2,1-2H3. The third-order valence-corrected chi connectivity index (χ3v) is 2.30. The maximum atomic E-state index is 13.1. The quantitative estimate of drug-likeness (QED) is 0.759. The second kappa shape index (κ2) is 5.35. The molecular formula is C12H14FNO. The van der Waals surface area contributed by atoms with Gasteiger partial charge in [-0.2, -0.15) is 5.26 Å². The molecule has 0 aromatic heterocycles. The molecule has 0 heterocycles. The second-order valence-corrected chi connectivity index (χ2v) is 3.36. The summed E-state index contributed by atoms with van der Waals surface area (Å²) in [4.78, 5) is 0. The summed E-state index contributed by atoms with van der Waals surface area (Å²) in [5.74, 6) is -0.0424. The average molecular weight is 207 g/mol. The fraction of sp³-hybridized carbons (Fsp3) is 0.417. The van der Waals surface area contributed by atoms with Crippen LogP contribution >= 0.6 is 0 Å². The predicted molar refractivity (Wildman–Crippen MR) is 56.2 cm³/mol. The van der Waals surface area contributed by atoms with E-state index in [1.165, 1.54) is 19.2 Å². The van der Waals surface area contributed by atoms with Gasteiger partial charge in [-0.25, -0.2) is 4.39 Å². The van der Waals surface area contributed by atoms with Crippen LogP contribution in [0.3, 0.4) is 0 Å². The molecule has 0 amide bonds. The van der Waals surface area contributed by atoms with E-state index in [9.17, 15) is 4.39 Å². The number of ether oxygens (including phenoxy) is 1. The number of hydrogen-bond donors (Lipinski definition) is 0. The van der Waals surface area contributed by atoms with Gasteiger partial charge in [0.1, 0.15) is 11.6 Å². The van der Waals surface area contributed by atoms with Crippen molar-refractivity contribution in [1.82, 2.24) is 0 Å². The molecule has 0 aliphatic carbocycles. The number of benzene rings is 1. The molecule has 0 bridgehead atoms. The van der Waals surface area contributed by atoms with Crippen LogP contribution in [0.1, 0.15) is 31.2 Å². The van der Waals surface area contributed by atoms with Gasteiger partial charge in [0.15, 0.2) is 0 Å². The normalized spacial score (nSPS) is 11.9. The first-order valence-electron chi connectivity index (χ1n) is 4.96. The Balaban J connectivity index is 3.09. The van der Waals surface area contributed by atoms with Gasteiger partial charge in [0.25, 0.3) is 0 Å². The Hall–Kier alpha value is -1.56. The minimum Gasteiger partial charge on any atom is -0.496 e. The molecule has 1 unspecified atom stereocenters. The van der Waals surface area contributed by atoms with E-state index in [0.29, 0.717) is 11.3 Å². The fourth-order valence-corrected chi connectivity index (χ4v) is 1.56. The van der Waals surface area contributed by atoms with E-state index in [2.05, 4.69) is 6.07 Å². The van der Waals surface area contributed by atoms with Crippen molar-refractivity contribution in [2.45, 2.75) is 25.7 Å². The number of methoxy groups -OCH3 is 1. The Kier molecular flexibility index (Phi) is 4.11. The van der Waals surface area contributed by atoms with Gasteiger partial charge in [-0.05, 0) is 24.6 Å². The second-order valence-electron chi connectivity index (χ2n) is 3.36. The summed E-state index contributed by atoms with van der Waals surface area (Å²) in [6.07, 6.45) is 1.61. The van der Waals surface area contributed by atoms with E-state index in [1.54, 1.807) is 6.07 Å². The highest BCUT2D eigenvalue weighted by molar-refractivity contribution is 5.39. The summed E-state index contributed by atoms with van der Waals surface area (Å²) < 4.78 is 18.2. The lowest BCUT2D eigenvalue weighted by molar-refractivity contribution is 0.405. The molecule has 1 aromatic rings. The molecule has 1 atom stereocenters. The molecule has 80 valence electrons. The highest BCUT2D eigenvalue weighted by Crippen LogP contribution is 2.29. The zero-order chi connectivity index (χ0) is 11.3. The van der Waals surface area contributed by atoms with Crippen molar-refractivity contribution in [2.75, 3.05) is 7.11 Å². The smallest absolute Gasteiger partial charge is 0.123 e. The molecule has 15 heavy (non-hydrogen) atoms. The van der Waals surface area contributed by atoms with Crippen LogP contribution in [0.2, 0.25) is 0 Å². The molecule has 0 saturated carbocycles. The van der Waals surface area contributed by atoms with E-state index >= 15 is 0 Å². The highest BCUT2D eigenvalue weighted by atomic mass is 19.1. The summed E-state index contributed by atoms with van der Waals surface area (Å²) in [7, 11) is 1.52. The lowest BCUT2D eigenvalue weighted by Gasteiger charge is -2.12. The molecule has 0 fully saturated rings. The molecule has 0 saturated heterocycles. The van der Waals surface area contributed by atoms with E-state index in [-0.39, 0.29) is 11.7 Å². The highest BCUT2D eigenvalue weighted by Gasteiger charge is 2.15. The number of rotatable bonds is 4. The predicted octanol–water partition coefficient (Wildman–Crippen LogP) is 3.24. The number of hydrogen-bond acceptors (Lipinski definition) is 2. The number of nitriles is 1. The molecule has 0 aliphatic heterocycles. The Morgan fingerprint density at radius 2 is 2.27 bits per heavy atom. The van der Waals surface area contributed by atoms with Gasteiger partial charge in [-0.3, -0.25) is 0 Å². The lowest BCUT2D eigenvalue weighted by Crippen LogP contribution is -2.00. The van der Waals surface area contributed by atoms with Gasteiger partial charge in [0, 0.05) is 5.56 Å². The van der Waals surface area contributed by atoms with Gasteiger partial charge in [-0.1, -0.05) is 13.3 Å². The van der Waals surface area contributed by atoms with Crippen molar-refractivity contribution >= 4 is 0 Å².